The molecule has 0 bridgehead atoms. The molecule has 1 atom stereocenters. The van der Waals surface area contributed by atoms with Crippen LogP contribution < -0.4 is 24.4 Å². The molecular formula is C31H26F2N2O5S. The normalized spacial score (nSPS) is 14.9. The minimum atomic E-state index is -0.813. The molecule has 0 saturated heterocycles. The van der Waals surface area contributed by atoms with Gasteiger partial charge in [0.1, 0.15) is 18.2 Å². The van der Waals surface area contributed by atoms with Gasteiger partial charge in [-0.3, -0.25) is 9.36 Å². The Labute approximate surface area is 238 Å². The molecule has 210 valence electrons. The van der Waals surface area contributed by atoms with Crippen molar-refractivity contribution in [2.45, 2.75) is 26.5 Å². The second kappa shape index (κ2) is 11.9. The van der Waals surface area contributed by atoms with Gasteiger partial charge >= 0.3 is 5.97 Å². The van der Waals surface area contributed by atoms with E-state index in [0.29, 0.717) is 37.5 Å². The van der Waals surface area contributed by atoms with Gasteiger partial charge in [0, 0.05) is 11.6 Å². The van der Waals surface area contributed by atoms with Crippen LogP contribution in [0.3, 0.4) is 0 Å². The van der Waals surface area contributed by atoms with Crippen molar-refractivity contribution in [3.63, 3.8) is 0 Å². The maximum absolute atomic E-state index is 14.1. The number of aromatic nitrogens is 1. The monoisotopic (exact) mass is 576 g/mol. The molecule has 2 heterocycles. The van der Waals surface area contributed by atoms with Gasteiger partial charge in [0.05, 0.1) is 35.6 Å². The van der Waals surface area contributed by atoms with Gasteiger partial charge in [0.2, 0.25) is 0 Å². The van der Waals surface area contributed by atoms with Crippen LogP contribution in [0.1, 0.15) is 36.6 Å². The number of ether oxygens (including phenoxy) is 3. The lowest BCUT2D eigenvalue weighted by atomic mass is 9.96. The number of fused-ring (bicyclic) bond motifs is 1. The predicted molar refractivity (Wildman–Crippen MR) is 151 cm³/mol. The summed E-state index contributed by atoms with van der Waals surface area (Å²) in [4.78, 5) is 31.8. The second-order valence-corrected chi connectivity index (χ2v) is 10.2. The Bertz CT molecular complexity index is 1830. The summed E-state index contributed by atoms with van der Waals surface area (Å²) in [5.41, 5.74) is 2.52. The van der Waals surface area contributed by atoms with Crippen LogP contribution in [-0.4, -0.2) is 24.3 Å². The number of esters is 1. The van der Waals surface area contributed by atoms with Crippen molar-refractivity contribution in [3.05, 3.63) is 126 Å². The van der Waals surface area contributed by atoms with Gasteiger partial charge < -0.3 is 14.2 Å². The molecule has 1 aliphatic heterocycles. The van der Waals surface area contributed by atoms with Crippen molar-refractivity contribution in [2.24, 2.45) is 4.99 Å². The van der Waals surface area contributed by atoms with E-state index in [2.05, 4.69) is 4.99 Å². The lowest BCUT2D eigenvalue weighted by Gasteiger charge is -2.24. The van der Waals surface area contributed by atoms with Crippen LogP contribution in [0, 0.1) is 11.6 Å². The van der Waals surface area contributed by atoms with E-state index in [1.807, 2.05) is 30.3 Å². The van der Waals surface area contributed by atoms with Crippen molar-refractivity contribution in [1.82, 2.24) is 4.57 Å². The molecule has 10 heteroatoms. The Morgan fingerprint density at radius 2 is 1.83 bits per heavy atom. The van der Waals surface area contributed by atoms with Gasteiger partial charge in [-0.25, -0.2) is 18.6 Å². The Hall–Kier alpha value is -4.57. The maximum Gasteiger partial charge on any atom is 0.338 e. The number of thiazole rings is 1. The van der Waals surface area contributed by atoms with Crippen molar-refractivity contribution in [3.8, 4) is 11.5 Å². The van der Waals surface area contributed by atoms with Crippen molar-refractivity contribution >= 4 is 23.4 Å². The highest BCUT2D eigenvalue weighted by molar-refractivity contribution is 7.07. The molecule has 1 aromatic heterocycles. The van der Waals surface area contributed by atoms with Crippen LogP contribution in [0.5, 0.6) is 11.5 Å². The molecule has 0 radical (unpaired) electrons. The van der Waals surface area contributed by atoms with Gasteiger partial charge in [-0.1, -0.05) is 47.7 Å². The number of halogens is 2. The number of nitrogens with zero attached hydrogens (tertiary/aromatic N) is 2. The van der Waals surface area contributed by atoms with E-state index in [4.69, 9.17) is 14.2 Å². The smallest absolute Gasteiger partial charge is 0.338 e. The first-order chi connectivity index (χ1) is 19.8. The number of allylic oxidation sites excluding steroid dienone is 1. The number of carbonyl (C=O) groups is 1. The minimum Gasteiger partial charge on any atom is -0.496 e. The first kappa shape index (κ1) is 28.0. The van der Waals surface area contributed by atoms with Crippen LogP contribution >= 0.6 is 11.3 Å². The number of carbonyl (C=O) groups excluding carboxylic acids is 1. The number of benzene rings is 3. The van der Waals surface area contributed by atoms with E-state index in [9.17, 15) is 18.4 Å². The summed E-state index contributed by atoms with van der Waals surface area (Å²) in [6.45, 7) is 3.60. The highest BCUT2D eigenvalue weighted by Gasteiger charge is 2.33. The van der Waals surface area contributed by atoms with E-state index < -0.39 is 23.6 Å². The van der Waals surface area contributed by atoms with E-state index in [0.717, 1.165) is 17.7 Å². The van der Waals surface area contributed by atoms with E-state index in [1.54, 1.807) is 38.1 Å². The molecule has 0 N–H and O–H groups in total. The molecule has 0 aliphatic carbocycles. The third-order valence-corrected chi connectivity index (χ3v) is 7.49. The lowest BCUT2D eigenvalue weighted by Crippen LogP contribution is -2.39. The molecule has 5 rings (SSSR count). The minimum absolute atomic E-state index is 0.0508. The average molecular weight is 577 g/mol. The van der Waals surface area contributed by atoms with E-state index in [1.165, 1.54) is 29.1 Å². The molecule has 4 aromatic rings. The Morgan fingerprint density at radius 1 is 1.07 bits per heavy atom. The summed E-state index contributed by atoms with van der Waals surface area (Å²) in [6, 6.07) is 16.9. The molecular weight excluding hydrogens is 550 g/mol. The topological polar surface area (TPSA) is 79.1 Å². The first-order valence-corrected chi connectivity index (χ1v) is 13.6. The Morgan fingerprint density at radius 3 is 2.54 bits per heavy atom. The maximum atomic E-state index is 14.1. The van der Waals surface area contributed by atoms with Crippen LogP contribution in [-0.2, 0) is 16.1 Å². The molecule has 3 aromatic carbocycles. The summed E-state index contributed by atoms with van der Waals surface area (Å²) in [5.74, 6) is -1.62. The highest BCUT2D eigenvalue weighted by Crippen LogP contribution is 2.30. The standard InChI is InChI=1S/C31H26F2N2O5S/c1-4-39-30(37)27-18(2)34-31-35(28(27)20-8-6-5-7-9-20)29(36)26(41-31)15-19-10-12-24(38-3)21(14-19)17-40-25-13-11-22(32)16-23(25)33/h5-16,28H,4,17H2,1-3H3/t28-/m0/s1. The van der Waals surface area contributed by atoms with E-state index >= 15 is 0 Å². The summed E-state index contributed by atoms with van der Waals surface area (Å²) in [6.07, 6.45) is 1.72. The molecule has 41 heavy (non-hydrogen) atoms. The highest BCUT2D eigenvalue weighted by atomic mass is 32.1. The van der Waals surface area contributed by atoms with Crippen LogP contribution in [0.4, 0.5) is 8.78 Å². The number of hydrogen-bond acceptors (Lipinski definition) is 7. The fourth-order valence-electron chi connectivity index (χ4n) is 4.64. The van der Waals surface area contributed by atoms with E-state index in [-0.39, 0.29) is 24.5 Å². The van der Waals surface area contributed by atoms with Gasteiger partial charge in [0.15, 0.2) is 16.4 Å². The van der Waals surface area contributed by atoms with Crippen LogP contribution in [0.15, 0.2) is 87.8 Å². The van der Waals surface area contributed by atoms with Crippen molar-refractivity contribution in [2.75, 3.05) is 13.7 Å². The zero-order valence-electron chi connectivity index (χ0n) is 22.5. The number of hydrogen-bond donors (Lipinski definition) is 0. The quantitative estimate of drug-likeness (QED) is 0.285. The average Bonchev–Trinajstić information content (AvgIpc) is 3.26. The number of rotatable bonds is 8. The zero-order chi connectivity index (χ0) is 29.1. The first-order valence-electron chi connectivity index (χ1n) is 12.8. The van der Waals surface area contributed by atoms with Crippen LogP contribution in [0.2, 0.25) is 0 Å². The summed E-state index contributed by atoms with van der Waals surface area (Å²) < 4.78 is 45.6. The molecule has 0 unspecified atom stereocenters. The molecule has 0 saturated carbocycles. The summed E-state index contributed by atoms with van der Waals surface area (Å²) in [7, 11) is 1.50. The SMILES string of the molecule is CCOC(=O)C1=C(C)N=c2sc(=Cc3ccc(OC)c(COc4ccc(F)cc4F)c3)c(=O)n2[C@H]1c1ccccc1. The summed E-state index contributed by atoms with van der Waals surface area (Å²) >= 11 is 1.21. The summed E-state index contributed by atoms with van der Waals surface area (Å²) in [5, 5.41) is 0. The fraction of sp³-hybridized carbons (Fsp3) is 0.194. The molecule has 0 fully saturated rings. The largest absolute Gasteiger partial charge is 0.496 e. The molecule has 0 amide bonds. The predicted octanol–water partition coefficient (Wildman–Crippen LogP) is 4.66. The molecule has 1 aliphatic rings. The molecule has 0 spiro atoms. The van der Waals surface area contributed by atoms with Gasteiger partial charge in [-0.2, -0.15) is 0 Å². The zero-order valence-corrected chi connectivity index (χ0v) is 23.3. The Balaban J connectivity index is 1.56. The molecule has 7 nitrogen and oxygen atoms in total. The lowest BCUT2D eigenvalue weighted by molar-refractivity contribution is -0.139. The van der Waals surface area contributed by atoms with Gasteiger partial charge in [-0.15, -0.1) is 0 Å². The number of methoxy groups -OCH3 is 1. The Kier molecular flexibility index (Phi) is 8.11. The third kappa shape index (κ3) is 5.69. The van der Waals surface area contributed by atoms with Crippen LogP contribution in [0.25, 0.3) is 6.08 Å². The third-order valence-electron chi connectivity index (χ3n) is 6.51. The fourth-order valence-corrected chi connectivity index (χ4v) is 5.69. The van der Waals surface area contributed by atoms with Crippen molar-refractivity contribution in [1.29, 1.82) is 0 Å². The van der Waals surface area contributed by atoms with Gasteiger partial charge in [0.25, 0.3) is 5.56 Å². The van der Waals surface area contributed by atoms with Gasteiger partial charge in [-0.05, 0) is 55.3 Å². The second-order valence-electron chi connectivity index (χ2n) is 9.15. The van der Waals surface area contributed by atoms with Crippen molar-refractivity contribution < 1.29 is 27.8 Å².